The van der Waals surface area contributed by atoms with Crippen LogP contribution in [0, 0.1) is 0 Å². The summed E-state index contributed by atoms with van der Waals surface area (Å²) in [5, 5.41) is 6.95. The molecule has 0 aliphatic rings. The molecule has 1 N–H and O–H groups in total. The minimum atomic E-state index is -0.148. The smallest absolute Gasteiger partial charge is 0.220 e. The highest BCUT2D eigenvalue weighted by molar-refractivity contribution is 5.97. The number of carbonyl (C=O) groups excluding carboxylic acids is 2. The monoisotopic (exact) mass is 348 g/mol. The first-order chi connectivity index (χ1) is 12.6. The second-order valence-corrected chi connectivity index (χ2v) is 6.02. The van der Waals surface area contributed by atoms with Crippen LogP contribution in [0.2, 0.25) is 0 Å². The largest absolute Gasteiger partial charge is 0.352 e. The molecule has 0 spiro atoms. The quantitative estimate of drug-likeness (QED) is 0.666. The van der Waals surface area contributed by atoms with Gasteiger partial charge in [0.05, 0.1) is 11.9 Å². The van der Waals surface area contributed by atoms with Crippen molar-refractivity contribution >= 4 is 11.7 Å². The van der Waals surface area contributed by atoms with Crippen LogP contribution in [0.5, 0.6) is 0 Å². The van der Waals surface area contributed by atoms with Crippen molar-refractivity contribution in [1.29, 1.82) is 0 Å². The maximum absolute atomic E-state index is 12.0. The minimum Gasteiger partial charge on any atom is -0.352 e. The van der Waals surface area contributed by atoms with Gasteiger partial charge in [-0.25, -0.2) is 0 Å². The lowest BCUT2D eigenvalue weighted by atomic mass is 10.1. The molecule has 0 fully saturated rings. The molecule has 0 aliphatic carbocycles. The third kappa shape index (κ3) is 4.63. The average Bonchev–Trinajstić information content (AvgIpc) is 3.12. The first kappa shape index (κ1) is 17.5. The molecule has 26 heavy (non-hydrogen) atoms. The molecule has 1 aromatic carbocycles. The van der Waals surface area contributed by atoms with Crippen molar-refractivity contribution in [3.63, 3.8) is 0 Å². The summed E-state index contributed by atoms with van der Waals surface area (Å²) in [5.74, 6) is -0.172. The first-order valence-electron chi connectivity index (χ1n) is 8.41. The van der Waals surface area contributed by atoms with Crippen LogP contribution < -0.4 is 5.32 Å². The highest BCUT2D eigenvalue weighted by Crippen LogP contribution is 2.15. The molecule has 3 rings (SSSR count). The number of nitrogens with one attached hydrogen (secondary N) is 1. The fourth-order valence-corrected chi connectivity index (χ4v) is 2.54. The number of carbonyl (C=O) groups is 2. The molecule has 2 heterocycles. The van der Waals surface area contributed by atoms with Crippen molar-refractivity contribution in [2.75, 3.05) is 0 Å². The molecule has 0 saturated heterocycles. The number of hydrogen-bond donors (Lipinski definition) is 1. The van der Waals surface area contributed by atoms with E-state index in [1.165, 1.54) is 0 Å². The van der Waals surface area contributed by atoms with Gasteiger partial charge in [-0.05, 0) is 11.6 Å². The lowest BCUT2D eigenvalue weighted by Gasteiger charge is -2.06. The van der Waals surface area contributed by atoms with E-state index in [9.17, 15) is 9.59 Å². The van der Waals surface area contributed by atoms with Crippen LogP contribution in [-0.4, -0.2) is 26.5 Å². The standard InChI is InChI=1S/C20H20N4O2/c1-24-14-17(13-23-24)18-8-7-15(11-21-18)12-22-20(26)10-9-19(25)16-5-3-2-4-6-16/h2-8,11,13-14H,9-10,12H2,1H3,(H,22,26). The van der Waals surface area contributed by atoms with Gasteiger partial charge in [0.2, 0.25) is 5.91 Å². The number of hydrogen-bond acceptors (Lipinski definition) is 4. The lowest BCUT2D eigenvalue weighted by molar-refractivity contribution is -0.121. The molecule has 0 saturated carbocycles. The number of benzene rings is 1. The topological polar surface area (TPSA) is 76.9 Å². The Bertz CT molecular complexity index is 886. The number of ketones is 1. The molecular formula is C20H20N4O2. The van der Waals surface area contributed by atoms with Crippen LogP contribution in [0.15, 0.2) is 61.1 Å². The van der Waals surface area contributed by atoms with Crippen molar-refractivity contribution in [1.82, 2.24) is 20.1 Å². The molecule has 0 bridgehead atoms. The van der Waals surface area contributed by atoms with Gasteiger partial charge in [0.15, 0.2) is 5.78 Å². The molecule has 0 unspecified atom stereocenters. The lowest BCUT2D eigenvalue weighted by Crippen LogP contribution is -2.23. The van der Waals surface area contributed by atoms with E-state index in [1.54, 1.807) is 29.2 Å². The maximum Gasteiger partial charge on any atom is 0.220 e. The Kier molecular flexibility index (Phi) is 5.53. The van der Waals surface area contributed by atoms with E-state index < -0.39 is 0 Å². The third-order valence-corrected chi connectivity index (χ3v) is 3.99. The molecule has 6 heteroatoms. The number of nitrogens with zero attached hydrogens (tertiary/aromatic N) is 3. The predicted octanol–water partition coefficient (Wildman–Crippen LogP) is 2.76. The fourth-order valence-electron chi connectivity index (χ4n) is 2.54. The van der Waals surface area contributed by atoms with Crippen LogP contribution >= 0.6 is 0 Å². The number of aromatic nitrogens is 3. The third-order valence-electron chi connectivity index (χ3n) is 3.99. The van der Waals surface area contributed by atoms with E-state index in [2.05, 4.69) is 15.4 Å². The molecule has 0 aliphatic heterocycles. The number of amides is 1. The zero-order valence-electron chi connectivity index (χ0n) is 14.6. The SMILES string of the molecule is Cn1cc(-c2ccc(CNC(=O)CCC(=O)c3ccccc3)cn2)cn1. The first-order valence-corrected chi connectivity index (χ1v) is 8.41. The van der Waals surface area contributed by atoms with E-state index in [-0.39, 0.29) is 24.5 Å². The summed E-state index contributed by atoms with van der Waals surface area (Å²) >= 11 is 0. The van der Waals surface area contributed by atoms with E-state index >= 15 is 0 Å². The van der Waals surface area contributed by atoms with Gasteiger partial charge in [-0.1, -0.05) is 36.4 Å². The summed E-state index contributed by atoms with van der Waals surface area (Å²) in [6.45, 7) is 0.388. The molecule has 132 valence electrons. The second-order valence-electron chi connectivity index (χ2n) is 6.02. The Labute approximate surface area is 151 Å². The van der Waals surface area contributed by atoms with Crippen molar-refractivity contribution in [2.24, 2.45) is 7.05 Å². The van der Waals surface area contributed by atoms with Crippen LogP contribution in [0.25, 0.3) is 11.3 Å². The Morgan fingerprint density at radius 2 is 1.85 bits per heavy atom. The summed E-state index contributed by atoms with van der Waals surface area (Å²) in [6.07, 6.45) is 5.77. The van der Waals surface area contributed by atoms with E-state index in [1.807, 2.05) is 43.6 Å². The Morgan fingerprint density at radius 1 is 1.04 bits per heavy atom. The summed E-state index contributed by atoms with van der Waals surface area (Å²) in [5.41, 5.74) is 3.32. The fraction of sp³-hybridized carbons (Fsp3) is 0.200. The number of rotatable bonds is 7. The zero-order valence-corrected chi connectivity index (χ0v) is 14.6. The van der Waals surface area contributed by atoms with Gasteiger partial charge in [-0.3, -0.25) is 19.3 Å². The number of Topliss-reactive ketones (excluding diaryl/α,β-unsaturated/α-hetero) is 1. The van der Waals surface area contributed by atoms with Gasteiger partial charge in [-0.15, -0.1) is 0 Å². The normalized spacial score (nSPS) is 10.5. The highest BCUT2D eigenvalue weighted by atomic mass is 16.2. The van der Waals surface area contributed by atoms with E-state index in [0.717, 1.165) is 16.8 Å². The van der Waals surface area contributed by atoms with E-state index in [4.69, 9.17) is 0 Å². The van der Waals surface area contributed by atoms with E-state index in [0.29, 0.717) is 12.1 Å². The van der Waals surface area contributed by atoms with Crippen LogP contribution in [-0.2, 0) is 18.4 Å². The molecule has 3 aromatic rings. The Morgan fingerprint density at radius 3 is 2.50 bits per heavy atom. The molecule has 1 amide bonds. The average molecular weight is 348 g/mol. The predicted molar refractivity (Wildman–Crippen MR) is 98.3 cm³/mol. The van der Waals surface area contributed by atoms with Crippen molar-refractivity contribution in [3.8, 4) is 11.3 Å². The molecule has 2 aromatic heterocycles. The van der Waals surface area contributed by atoms with Gasteiger partial charge in [0, 0.05) is 50.0 Å². The van der Waals surface area contributed by atoms with Gasteiger partial charge < -0.3 is 5.32 Å². The highest BCUT2D eigenvalue weighted by Gasteiger charge is 2.09. The Balaban J connectivity index is 1.46. The molecule has 6 nitrogen and oxygen atoms in total. The summed E-state index contributed by atoms with van der Waals surface area (Å²) in [4.78, 5) is 28.3. The summed E-state index contributed by atoms with van der Waals surface area (Å²) in [7, 11) is 1.86. The molecule has 0 radical (unpaired) electrons. The van der Waals surface area contributed by atoms with Gasteiger partial charge in [-0.2, -0.15) is 5.10 Å². The maximum atomic E-state index is 12.0. The van der Waals surface area contributed by atoms with Gasteiger partial charge >= 0.3 is 0 Å². The van der Waals surface area contributed by atoms with Crippen molar-refractivity contribution in [3.05, 3.63) is 72.2 Å². The zero-order chi connectivity index (χ0) is 18.4. The summed E-state index contributed by atoms with van der Waals surface area (Å²) in [6, 6.07) is 12.8. The van der Waals surface area contributed by atoms with Gasteiger partial charge in [0.1, 0.15) is 0 Å². The van der Waals surface area contributed by atoms with Gasteiger partial charge in [0.25, 0.3) is 0 Å². The van der Waals surface area contributed by atoms with Crippen LogP contribution in [0.3, 0.4) is 0 Å². The van der Waals surface area contributed by atoms with Crippen molar-refractivity contribution < 1.29 is 9.59 Å². The van der Waals surface area contributed by atoms with Crippen LogP contribution in [0.4, 0.5) is 0 Å². The Hall–Kier alpha value is -3.28. The molecular weight excluding hydrogens is 328 g/mol. The van der Waals surface area contributed by atoms with Crippen LogP contribution in [0.1, 0.15) is 28.8 Å². The minimum absolute atomic E-state index is 0.0248. The summed E-state index contributed by atoms with van der Waals surface area (Å²) < 4.78 is 1.72. The van der Waals surface area contributed by atoms with Crippen molar-refractivity contribution in [2.45, 2.75) is 19.4 Å². The molecule has 0 atom stereocenters. The number of aryl methyl sites for hydroxylation is 1. The number of pyridine rings is 1. The second kappa shape index (κ2) is 8.20.